The maximum Gasteiger partial charge on any atom is 0.225 e. The molecular weight excluding hydrogens is 278 g/mol. The van der Waals surface area contributed by atoms with E-state index in [1.807, 2.05) is 4.90 Å². The van der Waals surface area contributed by atoms with E-state index in [0.717, 1.165) is 25.8 Å². The van der Waals surface area contributed by atoms with E-state index in [0.29, 0.717) is 25.4 Å². The molecule has 1 aliphatic carbocycles. The molecule has 0 aromatic heterocycles. The van der Waals surface area contributed by atoms with Gasteiger partial charge in [-0.1, -0.05) is 19.3 Å². The van der Waals surface area contributed by atoms with Crippen LogP contribution in [0.5, 0.6) is 0 Å². The van der Waals surface area contributed by atoms with E-state index in [9.17, 15) is 9.59 Å². The first-order valence-electron chi connectivity index (χ1n) is 7.49. The van der Waals surface area contributed by atoms with Crippen molar-refractivity contribution < 1.29 is 9.59 Å². The van der Waals surface area contributed by atoms with E-state index >= 15 is 0 Å². The quantitative estimate of drug-likeness (QED) is 0.815. The molecule has 2 rings (SSSR count). The molecule has 116 valence electrons. The van der Waals surface area contributed by atoms with Gasteiger partial charge >= 0.3 is 0 Å². The summed E-state index contributed by atoms with van der Waals surface area (Å²) in [5.41, 5.74) is 5.35. The van der Waals surface area contributed by atoms with Crippen LogP contribution in [0.4, 0.5) is 0 Å². The second-order valence-electron chi connectivity index (χ2n) is 5.71. The number of carbonyl (C=O) groups excluding carboxylic acids is 2. The van der Waals surface area contributed by atoms with Crippen molar-refractivity contribution >= 4 is 24.2 Å². The Hall–Kier alpha value is -0.810. The smallest absolute Gasteiger partial charge is 0.225 e. The summed E-state index contributed by atoms with van der Waals surface area (Å²) in [4.78, 5) is 25.8. The number of hydrogen-bond donors (Lipinski definition) is 2. The highest BCUT2D eigenvalue weighted by molar-refractivity contribution is 5.85. The van der Waals surface area contributed by atoms with Crippen molar-refractivity contribution in [2.75, 3.05) is 19.6 Å². The van der Waals surface area contributed by atoms with E-state index in [-0.39, 0.29) is 30.3 Å². The van der Waals surface area contributed by atoms with Gasteiger partial charge in [-0.3, -0.25) is 9.59 Å². The van der Waals surface area contributed by atoms with E-state index in [1.165, 1.54) is 19.3 Å². The fraction of sp³-hybridized carbons (Fsp3) is 0.857. The largest absolute Gasteiger partial charge is 0.351 e. The number of carbonyl (C=O) groups is 2. The average Bonchev–Trinajstić information content (AvgIpc) is 2.87. The molecule has 1 heterocycles. The summed E-state index contributed by atoms with van der Waals surface area (Å²) in [6, 6.07) is 0.117. The molecule has 6 heteroatoms. The SMILES string of the molecule is Cl.NCCC(=O)NC1CCN(C(=O)C2CCCCC2)C1. The second-order valence-corrected chi connectivity index (χ2v) is 5.71. The van der Waals surface area contributed by atoms with Gasteiger partial charge in [0, 0.05) is 38.0 Å². The van der Waals surface area contributed by atoms with E-state index < -0.39 is 0 Å². The summed E-state index contributed by atoms with van der Waals surface area (Å²) in [5.74, 6) is 0.530. The van der Waals surface area contributed by atoms with Crippen LogP contribution < -0.4 is 11.1 Å². The van der Waals surface area contributed by atoms with Gasteiger partial charge in [0.2, 0.25) is 11.8 Å². The molecule has 1 saturated carbocycles. The molecule has 0 bridgehead atoms. The second kappa shape index (κ2) is 8.47. The highest BCUT2D eigenvalue weighted by atomic mass is 35.5. The third-order valence-electron chi connectivity index (χ3n) is 4.19. The summed E-state index contributed by atoms with van der Waals surface area (Å²) in [5, 5.41) is 2.95. The summed E-state index contributed by atoms with van der Waals surface area (Å²) in [6.45, 7) is 1.83. The molecule has 0 spiro atoms. The van der Waals surface area contributed by atoms with Crippen molar-refractivity contribution in [3.8, 4) is 0 Å². The topological polar surface area (TPSA) is 75.4 Å². The molecule has 2 amide bonds. The van der Waals surface area contributed by atoms with Gasteiger partial charge in [-0.2, -0.15) is 0 Å². The monoisotopic (exact) mass is 303 g/mol. The zero-order valence-electron chi connectivity index (χ0n) is 12.0. The van der Waals surface area contributed by atoms with Gasteiger partial charge in [0.05, 0.1) is 0 Å². The average molecular weight is 304 g/mol. The molecule has 5 nitrogen and oxygen atoms in total. The van der Waals surface area contributed by atoms with Crippen LogP contribution in [0.15, 0.2) is 0 Å². The molecule has 2 fully saturated rings. The predicted molar refractivity (Wildman–Crippen MR) is 80.6 cm³/mol. The lowest BCUT2D eigenvalue weighted by Gasteiger charge is -2.26. The highest BCUT2D eigenvalue weighted by Crippen LogP contribution is 2.26. The lowest BCUT2D eigenvalue weighted by molar-refractivity contribution is -0.135. The van der Waals surface area contributed by atoms with Crippen molar-refractivity contribution in [2.24, 2.45) is 11.7 Å². The van der Waals surface area contributed by atoms with Gasteiger partial charge in [-0.05, 0) is 19.3 Å². The minimum atomic E-state index is -0.000495. The van der Waals surface area contributed by atoms with Crippen molar-refractivity contribution in [1.82, 2.24) is 10.2 Å². The Morgan fingerprint density at radius 3 is 2.50 bits per heavy atom. The third kappa shape index (κ3) is 4.63. The fourth-order valence-corrected chi connectivity index (χ4v) is 3.12. The molecule has 1 unspecified atom stereocenters. The minimum absolute atomic E-state index is 0. The third-order valence-corrected chi connectivity index (χ3v) is 4.19. The Bertz CT molecular complexity index is 332. The Morgan fingerprint density at radius 2 is 1.85 bits per heavy atom. The lowest BCUT2D eigenvalue weighted by atomic mass is 9.88. The molecule has 0 aromatic carbocycles. The fourth-order valence-electron chi connectivity index (χ4n) is 3.12. The molecule has 0 radical (unpaired) electrons. The van der Waals surface area contributed by atoms with Gasteiger partial charge in [0.1, 0.15) is 0 Å². The summed E-state index contributed by atoms with van der Waals surface area (Å²) in [6.07, 6.45) is 6.95. The first kappa shape index (κ1) is 17.2. The molecule has 1 saturated heterocycles. The standard InChI is InChI=1S/C14H25N3O2.ClH/c15-8-6-13(18)16-12-7-9-17(10-12)14(19)11-4-2-1-3-5-11;/h11-12H,1-10,15H2,(H,16,18);1H. The van der Waals surface area contributed by atoms with Gasteiger partial charge in [0.25, 0.3) is 0 Å². The maximum atomic E-state index is 12.4. The first-order valence-corrected chi connectivity index (χ1v) is 7.49. The van der Waals surface area contributed by atoms with E-state index in [4.69, 9.17) is 5.73 Å². The molecular formula is C14H26ClN3O2. The van der Waals surface area contributed by atoms with Crippen molar-refractivity contribution in [3.05, 3.63) is 0 Å². The van der Waals surface area contributed by atoms with Gasteiger partial charge < -0.3 is 16.0 Å². The van der Waals surface area contributed by atoms with Gasteiger partial charge in [-0.25, -0.2) is 0 Å². The van der Waals surface area contributed by atoms with Crippen LogP contribution in [-0.2, 0) is 9.59 Å². The lowest BCUT2D eigenvalue weighted by Crippen LogP contribution is -2.40. The van der Waals surface area contributed by atoms with E-state index in [1.54, 1.807) is 0 Å². The minimum Gasteiger partial charge on any atom is -0.351 e. The van der Waals surface area contributed by atoms with Crippen LogP contribution in [-0.4, -0.2) is 42.4 Å². The van der Waals surface area contributed by atoms with Crippen LogP contribution in [0.2, 0.25) is 0 Å². The summed E-state index contributed by atoms with van der Waals surface area (Å²) < 4.78 is 0. The Balaban J connectivity index is 0.00000200. The summed E-state index contributed by atoms with van der Waals surface area (Å²) in [7, 11) is 0. The van der Waals surface area contributed by atoms with Crippen LogP contribution in [0.25, 0.3) is 0 Å². The number of nitrogens with two attached hydrogens (primary N) is 1. The van der Waals surface area contributed by atoms with Crippen LogP contribution in [0, 0.1) is 5.92 Å². The normalized spacial score (nSPS) is 23.2. The zero-order valence-corrected chi connectivity index (χ0v) is 12.8. The molecule has 1 atom stereocenters. The number of halogens is 1. The summed E-state index contributed by atoms with van der Waals surface area (Å²) >= 11 is 0. The number of nitrogens with zero attached hydrogens (tertiary/aromatic N) is 1. The number of nitrogens with one attached hydrogen (secondary N) is 1. The zero-order chi connectivity index (χ0) is 13.7. The Morgan fingerprint density at radius 1 is 1.15 bits per heavy atom. The number of amides is 2. The van der Waals surface area contributed by atoms with Crippen LogP contribution in [0.1, 0.15) is 44.9 Å². The number of rotatable bonds is 4. The molecule has 3 N–H and O–H groups in total. The molecule has 1 aliphatic heterocycles. The Kier molecular flexibility index (Phi) is 7.30. The van der Waals surface area contributed by atoms with Gasteiger partial charge in [0.15, 0.2) is 0 Å². The van der Waals surface area contributed by atoms with Crippen LogP contribution in [0.3, 0.4) is 0 Å². The number of likely N-dealkylation sites (tertiary alicyclic amines) is 1. The van der Waals surface area contributed by atoms with Crippen molar-refractivity contribution in [1.29, 1.82) is 0 Å². The Labute approximate surface area is 127 Å². The van der Waals surface area contributed by atoms with Crippen molar-refractivity contribution in [3.63, 3.8) is 0 Å². The van der Waals surface area contributed by atoms with Gasteiger partial charge in [-0.15, -0.1) is 12.4 Å². The number of hydrogen-bond acceptors (Lipinski definition) is 3. The highest BCUT2D eigenvalue weighted by Gasteiger charge is 2.31. The maximum absolute atomic E-state index is 12.4. The predicted octanol–water partition coefficient (Wildman–Crippen LogP) is 1.05. The van der Waals surface area contributed by atoms with Crippen molar-refractivity contribution in [2.45, 2.75) is 51.0 Å². The first-order chi connectivity index (χ1) is 9.20. The molecule has 20 heavy (non-hydrogen) atoms. The molecule has 0 aromatic rings. The van der Waals surface area contributed by atoms with Crippen LogP contribution >= 0.6 is 12.4 Å². The molecule has 2 aliphatic rings. The van der Waals surface area contributed by atoms with E-state index in [2.05, 4.69) is 5.32 Å².